The van der Waals surface area contributed by atoms with Crippen LogP contribution in [0.3, 0.4) is 0 Å². The average Bonchev–Trinajstić information content (AvgIpc) is 2.82. The van der Waals surface area contributed by atoms with Gasteiger partial charge in [-0.3, -0.25) is 14.5 Å². The number of carbonyl (C=O) groups excluding carboxylic acids is 2. The molecule has 0 fully saturated rings. The van der Waals surface area contributed by atoms with Crippen molar-refractivity contribution in [3.63, 3.8) is 0 Å². The van der Waals surface area contributed by atoms with Gasteiger partial charge in [0.05, 0.1) is 27.5 Å². The predicted octanol–water partition coefficient (Wildman–Crippen LogP) is 6.55. The number of amides is 1. The van der Waals surface area contributed by atoms with Crippen LogP contribution in [0, 0.1) is 5.41 Å². The summed E-state index contributed by atoms with van der Waals surface area (Å²) in [6.07, 6.45) is 1.41. The maximum absolute atomic E-state index is 13.5. The quantitative estimate of drug-likeness (QED) is 0.573. The third kappa shape index (κ3) is 3.52. The number of halogens is 2. The summed E-state index contributed by atoms with van der Waals surface area (Å²) in [5.41, 5.74) is 3.45. The maximum Gasteiger partial charge on any atom is 0.227 e. The molecule has 0 saturated carbocycles. The number of para-hydroxylation sites is 2. The van der Waals surface area contributed by atoms with Gasteiger partial charge in [-0.15, -0.1) is 0 Å². The molecule has 2 aliphatic rings. The highest BCUT2D eigenvalue weighted by Gasteiger charge is 2.43. The molecule has 1 aliphatic heterocycles. The summed E-state index contributed by atoms with van der Waals surface area (Å²) in [5, 5.41) is 4.24. The lowest BCUT2D eigenvalue weighted by Gasteiger charge is -2.37. The molecule has 6 heteroatoms. The molecule has 0 radical (unpaired) electrons. The fraction of sp³-hybridized carbons (Fsp3) is 0.333. The molecule has 0 bridgehead atoms. The van der Waals surface area contributed by atoms with Gasteiger partial charge >= 0.3 is 0 Å². The lowest BCUT2D eigenvalue weighted by molar-refractivity contribution is -0.119. The highest BCUT2D eigenvalue weighted by Crippen LogP contribution is 2.50. The summed E-state index contributed by atoms with van der Waals surface area (Å²) in [7, 11) is 0. The van der Waals surface area contributed by atoms with Gasteiger partial charge in [-0.05, 0) is 35.6 Å². The number of nitrogens with zero attached hydrogens (tertiary/aromatic N) is 1. The molecular weight excluding hydrogens is 419 g/mol. The van der Waals surface area contributed by atoms with Gasteiger partial charge in [0.15, 0.2) is 5.78 Å². The van der Waals surface area contributed by atoms with Gasteiger partial charge in [0.1, 0.15) is 0 Å². The molecule has 0 saturated heterocycles. The Kier molecular flexibility index (Phi) is 5.41. The number of hydrogen-bond donors (Lipinski definition) is 1. The van der Waals surface area contributed by atoms with Crippen LogP contribution < -0.4 is 10.2 Å². The molecule has 1 amide bonds. The second-order valence-electron chi connectivity index (χ2n) is 8.64. The van der Waals surface area contributed by atoms with E-state index in [1.807, 2.05) is 37.3 Å². The second kappa shape index (κ2) is 7.75. The van der Waals surface area contributed by atoms with Crippen LogP contribution in [0.2, 0.25) is 10.0 Å². The van der Waals surface area contributed by atoms with Crippen LogP contribution >= 0.6 is 23.2 Å². The summed E-state index contributed by atoms with van der Waals surface area (Å²) < 4.78 is 0. The highest BCUT2D eigenvalue weighted by molar-refractivity contribution is 6.42. The molecule has 0 spiro atoms. The van der Waals surface area contributed by atoms with Crippen LogP contribution in [0.1, 0.15) is 51.6 Å². The lowest BCUT2D eigenvalue weighted by atomic mass is 9.73. The normalized spacial score (nSPS) is 20.2. The van der Waals surface area contributed by atoms with Gasteiger partial charge in [-0.1, -0.05) is 68.2 Å². The third-order valence-corrected chi connectivity index (χ3v) is 6.58. The summed E-state index contributed by atoms with van der Waals surface area (Å²) in [4.78, 5) is 28.4. The molecule has 1 atom stereocenters. The zero-order valence-electron chi connectivity index (χ0n) is 17.3. The standard InChI is InChI=1S/C24H24Cl2N2O2/c1-4-20(30)28-18-11-6-5-10-16(18)27-17-12-24(2,3)13-19(29)21(17)23(28)14-8-7-9-15(25)22(14)26/h5-11,23,27H,4,12-13H2,1-3H3/t23-/m1/s1. The van der Waals surface area contributed by atoms with Crippen molar-refractivity contribution in [3.8, 4) is 0 Å². The molecule has 1 aliphatic carbocycles. The van der Waals surface area contributed by atoms with Gasteiger partial charge in [-0.2, -0.15) is 0 Å². The molecule has 0 aromatic heterocycles. The Labute approximate surface area is 186 Å². The number of nitrogens with one attached hydrogen (secondary N) is 1. The number of hydrogen-bond acceptors (Lipinski definition) is 3. The van der Waals surface area contributed by atoms with Crippen molar-refractivity contribution in [2.24, 2.45) is 5.41 Å². The summed E-state index contributed by atoms with van der Waals surface area (Å²) >= 11 is 13.0. The molecule has 156 valence electrons. The molecule has 1 heterocycles. The molecule has 1 N–H and O–H groups in total. The Hall–Kier alpha value is -2.30. The van der Waals surface area contributed by atoms with E-state index in [9.17, 15) is 9.59 Å². The SMILES string of the molecule is CCC(=O)N1c2ccccc2NC2=C(C(=O)CC(C)(C)C2)[C@H]1c1cccc(Cl)c1Cl. The van der Waals surface area contributed by atoms with E-state index in [0.29, 0.717) is 40.4 Å². The van der Waals surface area contributed by atoms with Crippen molar-refractivity contribution in [3.05, 3.63) is 69.3 Å². The first kappa shape index (κ1) is 21.0. The van der Waals surface area contributed by atoms with Crippen molar-refractivity contribution in [1.29, 1.82) is 0 Å². The van der Waals surface area contributed by atoms with E-state index >= 15 is 0 Å². The Morgan fingerprint density at radius 2 is 1.87 bits per heavy atom. The van der Waals surface area contributed by atoms with E-state index in [0.717, 1.165) is 17.1 Å². The van der Waals surface area contributed by atoms with Crippen molar-refractivity contribution in [2.75, 3.05) is 10.2 Å². The van der Waals surface area contributed by atoms with E-state index in [-0.39, 0.29) is 17.1 Å². The van der Waals surface area contributed by atoms with E-state index in [1.165, 1.54) is 0 Å². The van der Waals surface area contributed by atoms with E-state index in [2.05, 4.69) is 19.2 Å². The van der Waals surface area contributed by atoms with Gasteiger partial charge in [0.25, 0.3) is 0 Å². The smallest absolute Gasteiger partial charge is 0.227 e. The Balaban J connectivity index is 2.06. The average molecular weight is 443 g/mol. The van der Waals surface area contributed by atoms with Crippen molar-refractivity contribution in [2.45, 2.75) is 46.1 Å². The number of anilines is 2. The van der Waals surface area contributed by atoms with Crippen molar-refractivity contribution in [1.82, 2.24) is 0 Å². The Morgan fingerprint density at radius 1 is 1.13 bits per heavy atom. The number of Topliss-reactive ketones (excluding diaryl/α,β-unsaturated/α-hetero) is 1. The number of fused-ring (bicyclic) bond motifs is 1. The van der Waals surface area contributed by atoms with Gasteiger partial charge in [0.2, 0.25) is 5.91 Å². The summed E-state index contributed by atoms with van der Waals surface area (Å²) in [5.74, 6) is -0.0619. The minimum Gasteiger partial charge on any atom is -0.357 e. The molecule has 2 aromatic carbocycles. The number of allylic oxidation sites excluding steroid dienone is 1. The molecule has 2 aromatic rings. The number of ketones is 1. The van der Waals surface area contributed by atoms with Crippen LogP contribution in [-0.4, -0.2) is 11.7 Å². The third-order valence-electron chi connectivity index (χ3n) is 5.75. The molecule has 4 nitrogen and oxygen atoms in total. The van der Waals surface area contributed by atoms with Gasteiger partial charge in [0, 0.05) is 24.1 Å². The Bertz CT molecular complexity index is 1070. The van der Waals surface area contributed by atoms with Crippen molar-refractivity contribution < 1.29 is 9.59 Å². The first-order chi connectivity index (χ1) is 14.2. The zero-order chi connectivity index (χ0) is 21.6. The van der Waals surface area contributed by atoms with E-state index < -0.39 is 6.04 Å². The minimum atomic E-state index is -0.640. The van der Waals surface area contributed by atoms with Crippen LogP contribution in [-0.2, 0) is 9.59 Å². The Morgan fingerprint density at radius 3 is 2.60 bits per heavy atom. The first-order valence-electron chi connectivity index (χ1n) is 10.1. The topological polar surface area (TPSA) is 49.4 Å². The summed E-state index contributed by atoms with van der Waals surface area (Å²) in [6.45, 7) is 5.99. The predicted molar refractivity (Wildman–Crippen MR) is 122 cm³/mol. The molecule has 30 heavy (non-hydrogen) atoms. The van der Waals surface area contributed by atoms with Crippen LogP contribution in [0.5, 0.6) is 0 Å². The number of carbonyl (C=O) groups is 2. The van der Waals surface area contributed by atoms with Crippen LogP contribution in [0.25, 0.3) is 0 Å². The minimum absolute atomic E-state index is 0.0245. The van der Waals surface area contributed by atoms with Gasteiger partial charge < -0.3 is 5.32 Å². The van der Waals surface area contributed by atoms with E-state index in [4.69, 9.17) is 23.2 Å². The van der Waals surface area contributed by atoms with E-state index in [1.54, 1.807) is 17.0 Å². The maximum atomic E-state index is 13.5. The summed E-state index contributed by atoms with van der Waals surface area (Å²) in [6, 6.07) is 12.4. The fourth-order valence-corrected chi connectivity index (χ4v) is 4.87. The second-order valence-corrected chi connectivity index (χ2v) is 9.42. The fourth-order valence-electron chi connectivity index (χ4n) is 4.46. The molecule has 0 unspecified atom stereocenters. The molecule has 4 rings (SSSR count). The van der Waals surface area contributed by atoms with Crippen molar-refractivity contribution >= 4 is 46.3 Å². The zero-order valence-corrected chi connectivity index (χ0v) is 18.8. The largest absolute Gasteiger partial charge is 0.357 e. The monoisotopic (exact) mass is 442 g/mol. The highest BCUT2D eigenvalue weighted by atomic mass is 35.5. The van der Waals surface area contributed by atoms with Crippen LogP contribution in [0.15, 0.2) is 53.7 Å². The first-order valence-corrected chi connectivity index (χ1v) is 10.9. The number of rotatable bonds is 2. The number of benzene rings is 2. The van der Waals surface area contributed by atoms with Crippen LogP contribution in [0.4, 0.5) is 11.4 Å². The molecular formula is C24H24Cl2N2O2. The lowest BCUT2D eigenvalue weighted by Crippen LogP contribution is -2.39. The van der Waals surface area contributed by atoms with Gasteiger partial charge in [-0.25, -0.2) is 0 Å².